The summed E-state index contributed by atoms with van der Waals surface area (Å²) in [5.41, 5.74) is -1.34. The van der Waals surface area contributed by atoms with Crippen LogP contribution in [0.5, 0.6) is 5.75 Å². The summed E-state index contributed by atoms with van der Waals surface area (Å²) in [4.78, 5) is 41.0. The van der Waals surface area contributed by atoms with Gasteiger partial charge in [-0.1, -0.05) is 54.7 Å². The molecule has 0 bridgehead atoms. The maximum absolute atomic E-state index is 13.7. The Balaban J connectivity index is 1.93. The number of benzene rings is 2. The molecule has 2 amide bonds. The molecule has 0 aromatic heterocycles. The highest BCUT2D eigenvalue weighted by Gasteiger charge is 2.69. The van der Waals surface area contributed by atoms with E-state index in [-0.39, 0.29) is 39.4 Å². The van der Waals surface area contributed by atoms with Gasteiger partial charge in [0.15, 0.2) is 0 Å². The highest BCUT2D eigenvalue weighted by molar-refractivity contribution is 6.35. The van der Waals surface area contributed by atoms with Gasteiger partial charge in [-0.2, -0.15) is 0 Å². The van der Waals surface area contributed by atoms with Crippen molar-refractivity contribution in [2.75, 3.05) is 4.90 Å². The molecule has 0 spiro atoms. The Morgan fingerprint density at radius 3 is 2.42 bits per heavy atom. The van der Waals surface area contributed by atoms with Crippen molar-refractivity contribution in [2.24, 2.45) is 17.8 Å². The molecule has 2 aliphatic heterocycles. The fourth-order valence-corrected chi connectivity index (χ4v) is 5.77. The normalized spacial score (nSPS) is 26.8. The number of anilines is 1. The van der Waals surface area contributed by atoms with E-state index in [9.17, 15) is 24.6 Å². The summed E-state index contributed by atoms with van der Waals surface area (Å²) in [6, 6.07) is 7.99. The third-order valence-corrected chi connectivity index (χ3v) is 6.97. The van der Waals surface area contributed by atoms with E-state index in [4.69, 9.17) is 34.8 Å². The number of hydrogen-bond acceptors (Lipinski definition) is 5. The van der Waals surface area contributed by atoms with Crippen molar-refractivity contribution >= 4 is 58.3 Å². The number of nitrogens with one attached hydrogen (secondary N) is 1. The van der Waals surface area contributed by atoms with Crippen LogP contribution in [-0.4, -0.2) is 33.5 Å². The van der Waals surface area contributed by atoms with E-state index in [1.165, 1.54) is 18.2 Å². The van der Waals surface area contributed by atoms with Gasteiger partial charge in [0, 0.05) is 21.7 Å². The quantitative estimate of drug-likeness (QED) is 0.504. The molecular formula is C23H21Cl3N2O5. The number of nitrogens with zero attached hydrogens (tertiary/aromatic N) is 1. The number of amides is 2. The molecule has 33 heavy (non-hydrogen) atoms. The molecule has 2 aliphatic rings. The molecule has 2 aromatic rings. The van der Waals surface area contributed by atoms with E-state index in [1.807, 2.05) is 13.8 Å². The second kappa shape index (κ2) is 8.47. The predicted octanol–water partition coefficient (Wildman–Crippen LogP) is 4.67. The van der Waals surface area contributed by atoms with E-state index < -0.39 is 41.2 Å². The van der Waals surface area contributed by atoms with Crippen LogP contribution < -0.4 is 10.2 Å². The van der Waals surface area contributed by atoms with E-state index in [2.05, 4.69) is 5.32 Å². The highest BCUT2D eigenvalue weighted by Crippen LogP contribution is 2.53. The van der Waals surface area contributed by atoms with E-state index in [0.717, 1.165) is 4.90 Å². The molecule has 2 heterocycles. The minimum Gasteiger partial charge on any atom is -0.506 e. The van der Waals surface area contributed by atoms with Gasteiger partial charge in [-0.25, -0.2) is 4.90 Å². The zero-order valence-corrected chi connectivity index (χ0v) is 19.9. The van der Waals surface area contributed by atoms with Gasteiger partial charge >= 0.3 is 5.97 Å². The van der Waals surface area contributed by atoms with Gasteiger partial charge in [0.2, 0.25) is 11.8 Å². The van der Waals surface area contributed by atoms with Gasteiger partial charge < -0.3 is 10.2 Å². The zero-order chi connectivity index (χ0) is 24.2. The van der Waals surface area contributed by atoms with Crippen molar-refractivity contribution in [1.82, 2.24) is 5.32 Å². The average molecular weight is 512 g/mol. The number of hydrogen-bond donors (Lipinski definition) is 3. The van der Waals surface area contributed by atoms with Crippen molar-refractivity contribution in [1.29, 1.82) is 0 Å². The number of imide groups is 1. The highest BCUT2D eigenvalue weighted by atomic mass is 35.5. The third-order valence-electron chi connectivity index (χ3n) is 6.23. The van der Waals surface area contributed by atoms with Crippen LogP contribution >= 0.6 is 34.8 Å². The van der Waals surface area contributed by atoms with Crippen LogP contribution in [0.25, 0.3) is 0 Å². The van der Waals surface area contributed by atoms with E-state index in [1.54, 1.807) is 18.2 Å². The van der Waals surface area contributed by atoms with Gasteiger partial charge in [-0.15, -0.1) is 0 Å². The minimum atomic E-state index is -1.75. The SMILES string of the molecule is CC(C)CC1(C(=O)O)NC(c2cc(Cl)cc(Cl)c2O)C2C(=O)N(c3cccc(Cl)c3)C(=O)C21. The molecule has 0 saturated carbocycles. The smallest absolute Gasteiger partial charge is 0.324 e. The lowest BCUT2D eigenvalue weighted by Crippen LogP contribution is -2.56. The fraction of sp³-hybridized carbons (Fsp3) is 0.348. The maximum Gasteiger partial charge on any atom is 0.324 e. The topological polar surface area (TPSA) is 107 Å². The Morgan fingerprint density at radius 1 is 1.12 bits per heavy atom. The van der Waals surface area contributed by atoms with Gasteiger partial charge in [0.1, 0.15) is 11.3 Å². The molecule has 4 rings (SSSR count). The lowest BCUT2D eigenvalue weighted by molar-refractivity contribution is -0.149. The molecule has 10 heteroatoms. The monoisotopic (exact) mass is 510 g/mol. The van der Waals surface area contributed by atoms with E-state index >= 15 is 0 Å². The Labute approximate surface area is 205 Å². The molecule has 7 nitrogen and oxygen atoms in total. The molecule has 4 atom stereocenters. The summed E-state index contributed by atoms with van der Waals surface area (Å²) in [5.74, 6) is -5.25. The van der Waals surface area contributed by atoms with Crippen molar-refractivity contribution in [3.05, 3.63) is 57.0 Å². The Kier molecular flexibility index (Phi) is 6.12. The Morgan fingerprint density at radius 2 is 1.82 bits per heavy atom. The molecule has 2 saturated heterocycles. The molecule has 0 aliphatic carbocycles. The lowest BCUT2D eigenvalue weighted by Gasteiger charge is -2.32. The largest absolute Gasteiger partial charge is 0.506 e. The maximum atomic E-state index is 13.7. The minimum absolute atomic E-state index is 0.0454. The number of carbonyl (C=O) groups excluding carboxylic acids is 2. The molecule has 174 valence electrons. The van der Waals surface area contributed by atoms with Crippen LogP contribution in [0, 0.1) is 17.8 Å². The van der Waals surface area contributed by atoms with Gasteiger partial charge in [0.05, 0.1) is 22.5 Å². The molecule has 2 fully saturated rings. The second-order valence-corrected chi connectivity index (χ2v) is 10.1. The first-order valence-electron chi connectivity index (χ1n) is 10.3. The van der Waals surface area contributed by atoms with Gasteiger partial charge in [0.25, 0.3) is 0 Å². The number of carbonyl (C=O) groups is 3. The fourth-order valence-electron chi connectivity index (χ4n) is 5.08. The number of carboxylic acids is 1. The number of fused-ring (bicyclic) bond motifs is 1. The summed E-state index contributed by atoms with van der Waals surface area (Å²) >= 11 is 18.3. The first-order chi connectivity index (χ1) is 15.5. The standard InChI is InChI=1S/C23H21Cl3N2O5/c1-10(2)9-23(22(32)33)17-16(18(27-23)14-7-12(25)8-15(26)19(14)29)20(30)28(21(17)31)13-5-3-4-11(24)6-13/h3-8,10,16-18,27,29H,9H2,1-2H3,(H,32,33). The Bertz CT molecular complexity index is 1170. The lowest BCUT2D eigenvalue weighted by atomic mass is 9.75. The van der Waals surface area contributed by atoms with Gasteiger partial charge in [-0.05, 0) is 42.7 Å². The van der Waals surface area contributed by atoms with Crippen LogP contribution in [0.2, 0.25) is 15.1 Å². The Hall–Kier alpha value is -2.32. The third kappa shape index (κ3) is 3.77. The first kappa shape index (κ1) is 23.8. The van der Waals surface area contributed by atoms with Crippen LogP contribution in [0.15, 0.2) is 36.4 Å². The molecule has 2 aromatic carbocycles. The number of carboxylic acid groups (broad SMARTS) is 1. The number of aliphatic carboxylic acids is 1. The van der Waals surface area contributed by atoms with Crippen LogP contribution in [0.4, 0.5) is 5.69 Å². The summed E-state index contributed by atoms with van der Waals surface area (Å²) in [7, 11) is 0. The average Bonchev–Trinajstić information content (AvgIpc) is 3.19. The number of phenols is 1. The number of rotatable bonds is 5. The number of aromatic hydroxyl groups is 1. The molecule has 0 radical (unpaired) electrons. The van der Waals surface area contributed by atoms with Gasteiger partial charge in [-0.3, -0.25) is 19.7 Å². The van der Waals surface area contributed by atoms with Crippen molar-refractivity contribution in [2.45, 2.75) is 31.8 Å². The van der Waals surface area contributed by atoms with Crippen LogP contribution in [0.3, 0.4) is 0 Å². The summed E-state index contributed by atoms with van der Waals surface area (Å²) in [5, 5.41) is 24.5. The van der Waals surface area contributed by atoms with Crippen LogP contribution in [-0.2, 0) is 14.4 Å². The summed E-state index contributed by atoms with van der Waals surface area (Å²) < 4.78 is 0. The molecule has 4 unspecified atom stereocenters. The summed E-state index contributed by atoms with van der Waals surface area (Å²) in [6.07, 6.45) is 0.0808. The second-order valence-electron chi connectivity index (χ2n) is 8.82. The number of phenolic OH excluding ortho intramolecular Hbond substituents is 1. The first-order valence-corrected chi connectivity index (χ1v) is 11.4. The van der Waals surface area contributed by atoms with Crippen molar-refractivity contribution < 1.29 is 24.6 Å². The summed E-state index contributed by atoms with van der Waals surface area (Å²) in [6.45, 7) is 3.66. The molecule has 3 N–H and O–H groups in total. The van der Waals surface area contributed by atoms with E-state index in [0.29, 0.717) is 5.02 Å². The van der Waals surface area contributed by atoms with Crippen molar-refractivity contribution in [3.8, 4) is 5.75 Å². The van der Waals surface area contributed by atoms with Crippen LogP contribution in [0.1, 0.15) is 31.9 Å². The zero-order valence-electron chi connectivity index (χ0n) is 17.7. The molecular weight excluding hydrogens is 491 g/mol. The number of halogens is 3. The predicted molar refractivity (Wildman–Crippen MR) is 125 cm³/mol. The van der Waals surface area contributed by atoms with Crippen molar-refractivity contribution in [3.63, 3.8) is 0 Å².